The Morgan fingerprint density at radius 1 is 1.50 bits per heavy atom. The molecule has 1 saturated heterocycles. The number of aromatic nitrogens is 2. The number of rotatable bonds is 3. The van der Waals surface area contributed by atoms with Crippen LogP contribution in [0.4, 0.5) is 0 Å². The molecular weight excluding hydrogens is 363 g/mol. The summed E-state index contributed by atoms with van der Waals surface area (Å²) in [7, 11) is 0. The Hall–Kier alpha value is -0.330. The van der Waals surface area contributed by atoms with E-state index in [1.807, 2.05) is 0 Å². The lowest BCUT2D eigenvalue weighted by molar-refractivity contribution is 0.186. The van der Waals surface area contributed by atoms with E-state index < -0.39 is 0 Å². The first-order chi connectivity index (χ1) is 8.79. The summed E-state index contributed by atoms with van der Waals surface area (Å²) < 4.78 is 9.04. The highest BCUT2D eigenvalue weighted by molar-refractivity contribution is 14.1. The van der Waals surface area contributed by atoms with Gasteiger partial charge in [0.25, 0.3) is 0 Å². The number of ether oxygens (including phenoxy) is 1. The Bertz CT molecular complexity index is 563. The van der Waals surface area contributed by atoms with E-state index in [1.54, 1.807) is 0 Å². The van der Waals surface area contributed by atoms with Crippen molar-refractivity contribution in [3.8, 4) is 0 Å². The maximum Gasteiger partial charge on any atom is 0.111 e. The van der Waals surface area contributed by atoms with Crippen LogP contribution in [0.2, 0.25) is 0 Å². The summed E-state index contributed by atoms with van der Waals surface area (Å²) in [6, 6.07) is 6.81. The van der Waals surface area contributed by atoms with Crippen molar-refractivity contribution < 1.29 is 4.74 Å². The summed E-state index contributed by atoms with van der Waals surface area (Å²) in [5.41, 5.74) is 2.26. The number of imidazole rings is 1. The lowest BCUT2D eigenvalue weighted by atomic mass is 10.2. The number of hydrogen-bond acceptors (Lipinski definition) is 2. The van der Waals surface area contributed by atoms with Gasteiger partial charge in [-0.2, -0.15) is 0 Å². The molecule has 0 radical (unpaired) electrons. The molecule has 1 unspecified atom stereocenters. The van der Waals surface area contributed by atoms with Gasteiger partial charge >= 0.3 is 0 Å². The third kappa shape index (κ3) is 2.26. The molecule has 0 aliphatic carbocycles. The Kier molecular flexibility index (Phi) is 3.77. The number of benzene rings is 1. The molecule has 0 amide bonds. The van der Waals surface area contributed by atoms with E-state index in [4.69, 9.17) is 21.3 Å². The van der Waals surface area contributed by atoms with Crippen LogP contribution >= 0.6 is 34.2 Å². The molecule has 0 bridgehead atoms. The van der Waals surface area contributed by atoms with Crippen LogP contribution in [0.3, 0.4) is 0 Å². The van der Waals surface area contributed by atoms with Crippen LogP contribution in [-0.4, -0.2) is 28.6 Å². The second-order valence-corrected chi connectivity index (χ2v) is 6.11. The van der Waals surface area contributed by atoms with Crippen LogP contribution in [0.25, 0.3) is 11.0 Å². The molecule has 1 aromatic heterocycles. The van der Waals surface area contributed by atoms with Crippen molar-refractivity contribution in [3.63, 3.8) is 0 Å². The third-order valence-corrected chi connectivity index (χ3v) is 4.17. The average Bonchev–Trinajstić information content (AvgIpc) is 2.95. The molecular formula is C13H14ClIN2O. The predicted octanol–water partition coefficient (Wildman–Crippen LogP) is 3.38. The van der Waals surface area contributed by atoms with Gasteiger partial charge in [0.15, 0.2) is 0 Å². The third-order valence-electron chi connectivity index (χ3n) is 3.31. The Balaban J connectivity index is 2.14. The molecule has 1 fully saturated rings. The van der Waals surface area contributed by atoms with Crippen molar-refractivity contribution in [2.45, 2.75) is 18.9 Å². The van der Waals surface area contributed by atoms with Crippen LogP contribution in [0.5, 0.6) is 0 Å². The summed E-state index contributed by atoms with van der Waals surface area (Å²) in [6.07, 6.45) is 1.87. The van der Waals surface area contributed by atoms with E-state index in [2.05, 4.69) is 45.4 Å². The zero-order valence-corrected chi connectivity index (χ0v) is 12.8. The topological polar surface area (TPSA) is 27.1 Å². The van der Waals surface area contributed by atoms with Gasteiger partial charge in [0, 0.05) is 22.5 Å². The number of aryl methyl sites for hydroxylation is 1. The van der Waals surface area contributed by atoms with Gasteiger partial charge in [-0.1, -0.05) is 0 Å². The molecule has 2 aromatic rings. The molecule has 3 nitrogen and oxygen atoms in total. The highest BCUT2D eigenvalue weighted by Crippen LogP contribution is 2.28. The van der Waals surface area contributed by atoms with Crippen LogP contribution in [0.15, 0.2) is 18.2 Å². The minimum Gasteiger partial charge on any atom is -0.379 e. The summed E-state index contributed by atoms with van der Waals surface area (Å²) in [5, 5.41) is 0. The van der Waals surface area contributed by atoms with Crippen LogP contribution in [0.1, 0.15) is 18.3 Å². The van der Waals surface area contributed by atoms with Crippen molar-refractivity contribution in [1.29, 1.82) is 0 Å². The standard InChI is InChI=1S/C13H14ClIN2O/c14-5-3-13-16-11-7-9(15)1-2-12(11)17(13)10-4-6-18-8-10/h1-2,7,10H,3-6,8H2. The van der Waals surface area contributed by atoms with Crippen LogP contribution in [0, 0.1) is 3.57 Å². The highest BCUT2D eigenvalue weighted by atomic mass is 127. The van der Waals surface area contributed by atoms with E-state index in [9.17, 15) is 0 Å². The molecule has 1 aliphatic heterocycles. The number of fused-ring (bicyclic) bond motifs is 1. The SMILES string of the molecule is ClCCc1nc2cc(I)ccc2n1C1CCOC1. The molecule has 3 rings (SSSR count). The first-order valence-corrected chi connectivity index (χ1v) is 7.71. The van der Waals surface area contributed by atoms with Gasteiger partial charge in [0.05, 0.1) is 23.7 Å². The fourth-order valence-corrected chi connectivity index (χ4v) is 3.16. The Morgan fingerprint density at radius 3 is 3.11 bits per heavy atom. The summed E-state index contributed by atoms with van der Waals surface area (Å²) in [5.74, 6) is 1.69. The van der Waals surface area contributed by atoms with E-state index in [0.29, 0.717) is 11.9 Å². The first kappa shape index (κ1) is 12.7. The molecule has 18 heavy (non-hydrogen) atoms. The van der Waals surface area contributed by atoms with Crippen molar-refractivity contribution in [1.82, 2.24) is 9.55 Å². The molecule has 1 atom stereocenters. The van der Waals surface area contributed by atoms with Crippen LogP contribution in [-0.2, 0) is 11.2 Å². The number of nitrogens with zero attached hydrogens (tertiary/aromatic N) is 2. The average molecular weight is 377 g/mol. The van der Waals surface area contributed by atoms with Gasteiger partial charge in [0.1, 0.15) is 5.82 Å². The van der Waals surface area contributed by atoms with Gasteiger partial charge in [0.2, 0.25) is 0 Å². The minimum atomic E-state index is 0.410. The van der Waals surface area contributed by atoms with Crippen molar-refractivity contribution >= 4 is 45.2 Å². The maximum absolute atomic E-state index is 5.89. The molecule has 0 saturated carbocycles. The fraction of sp³-hybridized carbons (Fsp3) is 0.462. The largest absolute Gasteiger partial charge is 0.379 e. The van der Waals surface area contributed by atoms with E-state index in [-0.39, 0.29) is 0 Å². The van der Waals surface area contributed by atoms with Gasteiger partial charge in [-0.25, -0.2) is 4.98 Å². The zero-order valence-electron chi connectivity index (χ0n) is 9.90. The summed E-state index contributed by atoms with van der Waals surface area (Å²) in [4.78, 5) is 4.73. The number of hydrogen-bond donors (Lipinski definition) is 0. The summed E-state index contributed by atoms with van der Waals surface area (Å²) in [6.45, 7) is 1.63. The normalized spacial score (nSPS) is 19.8. The second kappa shape index (κ2) is 5.35. The van der Waals surface area contributed by atoms with Gasteiger partial charge in [-0.15, -0.1) is 11.6 Å². The number of halogens is 2. The first-order valence-electron chi connectivity index (χ1n) is 6.09. The Labute approximate surface area is 125 Å². The molecule has 0 N–H and O–H groups in total. The lowest BCUT2D eigenvalue weighted by Gasteiger charge is -2.14. The molecule has 1 aliphatic rings. The molecule has 0 spiro atoms. The lowest BCUT2D eigenvalue weighted by Crippen LogP contribution is -2.12. The van der Waals surface area contributed by atoms with Crippen molar-refractivity contribution in [3.05, 3.63) is 27.6 Å². The minimum absolute atomic E-state index is 0.410. The second-order valence-electron chi connectivity index (χ2n) is 4.49. The van der Waals surface area contributed by atoms with Crippen LogP contribution < -0.4 is 0 Å². The quantitative estimate of drug-likeness (QED) is 0.606. The van der Waals surface area contributed by atoms with Gasteiger partial charge < -0.3 is 9.30 Å². The zero-order chi connectivity index (χ0) is 12.5. The van der Waals surface area contributed by atoms with Gasteiger partial charge in [-0.05, 0) is 47.2 Å². The van der Waals surface area contributed by atoms with Crippen molar-refractivity contribution in [2.24, 2.45) is 0 Å². The molecule has 2 heterocycles. The predicted molar refractivity (Wildman–Crippen MR) is 81.3 cm³/mol. The van der Waals surface area contributed by atoms with E-state index in [1.165, 1.54) is 9.09 Å². The number of alkyl halides is 1. The molecule has 96 valence electrons. The smallest absolute Gasteiger partial charge is 0.111 e. The fourth-order valence-electron chi connectivity index (χ4n) is 2.52. The highest BCUT2D eigenvalue weighted by Gasteiger charge is 2.22. The molecule has 1 aromatic carbocycles. The van der Waals surface area contributed by atoms with Crippen molar-refractivity contribution in [2.75, 3.05) is 19.1 Å². The van der Waals surface area contributed by atoms with E-state index >= 15 is 0 Å². The summed E-state index contributed by atoms with van der Waals surface area (Å²) >= 11 is 8.21. The maximum atomic E-state index is 5.89. The van der Waals surface area contributed by atoms with Gasteiger partial charge in [-0.3, -0.25) is 0 Å². The van der Waals surface area contributed by atoms with E-state index in [0.717, 1.165) is 37.4 Å². The molecule has 5 heteroatoms. The monoisotopic (exact) mass is 376 g/mol. The Morgan fingerprint density at radius 2 is 2.39 bits per heavy atom.